The summed E-state index contributed by atoms with van der Waals surface area (Å²) >= 11 is 1.03. The Labute approximate surface area is 183 Å². The Hall–Kier alpha value is -2.84. The number of benzene rings is 1. The van der Waals surface area contributed by atoms with E-state index in [9.17, 15) is 14.4 Å². The zero-order valence-corrected chi connectivity index (χ0v) is 17.7. The van der Waals surface area contributed by atoms with E-state index >= 15 is 0 Å². The third-order valence-electron chi connectivity index (χ3n) is 6.57. The minimum absolute atomic E-state index is 0.146. The number of hydrogen-bond acceptors (Lipinski definition) is 5. The maximum absolute atomic E-state index is 12.6. The number of thioether (sulfide) groups is 1. The second-order valence-corrected chi connectivity index (χ2v) is 9.77. The summed E-state index contributed by atoms with van der Waals surface area (Å²) in [5, 5.41) is 2.68. The average Bonchev–Trinajstić information content (AvgIpc) is 3.10. The first-order valence-corrected chi connectivity index (χ1v) is 11.5. The number of amides is 3. The van der Waals surface area contributed by atoms with Crippen LogP contribution in [0.5, 0.6) is 0 Å². The Morgan fingerprint density at radius 3 is 2.68 bits per heavy atom. The summed E-state index contributed by atoms with van der Waals surface area (Å²) in [6, 6.07) is 7.67. The average molecular weight is 435 g/mol. The molecule has 2 aromatic rings. The highest BCUT2D eigenvalue weighted by Crippen LogP contribution is 2.45. The molecule has 6 rings (SSSR count). The Morgan fingerprint density at radius 2 is 1.90 bits per heavy atom. The van der Waals surface area contributed by atoms with Crippen LogP contribution in [0.15, 0.2) is 30.5 Å². The fourth-order valence-corrected chi connectivity index (χ4v) is 5.59. The first kappa shape index (κ1) is 18.9. The number of rotatable bonds is 5. The highest BCUT2D eigenvalue weighted by Gasteiger charge is 2.44. The van der Waals surface area contributed by atoms with Crippen molar-refractivity contribution in [3.63, 3.8) is 0 Å². The molecule has 3 amide bonds. The molecule has 0 unspecified atom stereocenters. The van der Waals surface area contributed by atoms with Crippen molar-refractivity contribution in [3.8, 4) is 0 Å². The summed E-state index contributed by atoms with van der Waals surface area (Å²) < 4.78 is 0. The van der Waals surface area contributed by atoms with Crippen LogP contribution in [0, 0.1) is 11.8 Å². The van der Waals surface area contributed by atoms with Crippen LogP contribution in [-0.4, -0.2) is 50.7 Å². The smallest absolute Gasteiger partial charge is 0.289 e. The predicted octanol–water partition coefficient (Wildman–Crippen LogP) is 3.15. The summed E-state index contributed by atoms with van der Waals surface area (Å²) in [5.41, 5.74) is 5.07. The summed E-state index contributed by atoms with van der Waals surface area (Å²) in [5.74, 6) is 1.71. The molecule has 1 aliphatic carbocycles. The highest BCUT2D eigenvalue weighted by atomic mass is 32.2. The predicted molar refractivity (Wildman–Crippen MR) is 119 cm³/mol. The van der Waals surface area contributed by atoms with Gasteiger partial charge in [0.05, 0.1) is 17.9 Å². The van der Waals surface area contributed by atoms with Crippen LogP contribution < -0.4 is 5.32 Å². The summed E-state index contributed by atoms with van der Waals surface area (Å²) in [4.78, 5) is 43.5. The van der Waals surface area contributed by atoms with Crippen molar-refractivity contribution in [1.29, 1.82) is 0 Å². The van der Waals surface area contributed by atoms with Gasteiger partial charge >= 0.3 is 0 Å². The van der Waals surface area contributed by atoms with E-state index in [1.807, 2.05) is 30.5 Å². The Kier molecular flexibility index (Phi) is 4.33. The summed E-state index contributed by atoms with van der Waals surface area (Å²) in [6.45, 7) is 3.57. The first-order chi connectivity index (χ1) is 15.0. The van der Waals surface area contributed by atoms with Crippen LogP contribution >= 0.6 is 11.8 Å². The van der Waals surface area contributed by atoms with Gasteiger partial charge in [-0.2, -0.15) is 0 Å². The minimum atomic E-state index is -0.218. The number of aromatic nitrogens is 1. The van der Waals surface area contributed by atoms with E-state index < -0.39 is 0 Å². The third kappa shape index (κ3) is 3.49. The molecule has 1 saturated carbocycles. The van der Waals surface area contributed by atoms with Crippen molar-refractivity contribution in [2.24, 2.45) is 11.8 Å². The maximum Gasteiger partial charge on any atom is 0.289 e. The largest absolute Gasteiger partial charge is 0.361 e. The number of piperidine rings is 1. The molecule has 0 bridgehead atoms. The van der Waals surface area contributed by atoms with Crippen LogP contribution in [0.25, 0.3) is 11.6 Å². The van der Waals surface area contributed by atoms with E-state index in [1.165, 1.54) is 30.0 Å². The molecular weight excluding hydrogens is 412 g/mol. The molecule has 0 spiro atoms. The molecule has 2 N–H and O–H groups in total. The van der Waals surface area contributed by atoms with Gasteiger partial charge in [0.25, 0.3) is 11.1 Å². The van der Waals surface area contributed by atoms with Gasteiger partial charge in [-0.3, -0.25) is 24.2 Å². The highest BCUT2D eigenvalue weighted by molar-refractivity contribution is 8.14. The fraction of sp³-hybridized carbons (Fsp3) is 0.348. The Balaban J connectivity index is 1.22. The molecule has 0 radical (unpaired) electrons. The Morgan fingerprint density at radius 1 is 1.06 bits per heavy atom. The molecule has 3 aliphatic heterocycles. The van der Waals surface area contributed by atoms with Gasteiger partial charge in [0.15, 0.2) is 0 Å². The molecule has 8 heteroatoms. The molecular formula is C23H22N4O3S. The molecule has 1 aromatic heterocycles. The van der Waals surface area contributed by atoms with E-state index in [-0.39, 0.29) is 29.4 Å². The van der Waals surface area contributed by atoms with Gasteiger partial charge in [-0.25, -0.2) is 0 Å². The minimum Gasteiger partial charge on any atom is -0.361 e. The van der Waals surface area contributed by atoms with Crippen molar-refractivity contribution in [2.75, 3.05) is 24.2 Å². The van der Waals surface area contributed by atoms with E-state index in [0.29, 0.717) is 5.57 Å². The van der Waals surface area contributed by atoms with Crippen molar-refractivity contribution >= 4 is 46.2 Å². The van der Waals surface area contributed by atoms with E-state index in [0.717, 1.165) is 52.7 Å². The number of carbonyl (C=O) groups excluding carboxylic acids is 3. The van der Waals surface area contributed by atoms with Gasteiger partial charge in [-0.15, -0.1) is 0 Å². The molecule has 4 aliphatic rings. The van der Waals surface area contributed by atoms with Crippen molar-refractivity contribution in [3.05, 3.63) is 52.8 Å². The van der Waals surface area contributed by atoms with Crippen LogP contribution in [-0.2, 0) is 22.7 Å². The number of fused-ring (bicyclic) bond motifs is 2. The van der Waals surface area contributed by atoms with Crippen LogP contribution in [0.3, 0.4) is 0 Å². The number of aromatic amines is 1. The monoisotopic (exact) mass is 434 g/mol. The molecule has 158 valence electrons. The molecule has 2 saturated heterocycles. The number of nitrogens with zero attached hydrogens (tertiary/aromatic N) is 2. The molecule has 2 atom stereocenters. The molecule has 4 heterocycles. The maximum atomic E-state index is 12.6. The zero-order chi connectivity index (χ0) is 21.1. The molecule has 1 aromatic carbocycles. The first-order valence-electron chi connectivity index (χ1n) is 10.6. The number of carbonyl (C=O) groups is 3. The summed E-state index contributed by atoms with van der Waals surface area (Å²) in [6.07, 6.45) is 5.29. The van der Waals surface area contributed by atoms with Gasteiger partial charge in [0, 0.05) is 42.8 Å². The van der Waals surface area contributed by atoms with Gasteiger partial charge < -0.3 is 10.3 Å². The number of anilines is 1. The number of H-pyrrole nitrogens is 1. The number of nitrogens with one attached hydrogen (secondary N) is 2. The lowest BCUT2D eigenvalue weighted by atomic mass is 10.0. The van der Waals surface area contributed by atoms with Gasteiger partial charge in [-0.1, -0.05) is 17.8 Å². The number of likely N-dealkylation sites (tertiary alicyclic amines) is 1. The van der Waals surface area contributed by atoms with Crippen molar-refractivity contribution in [2.45, 2.75) is 19.5 Å². The lowest BCUT2D eigenvalue weighted by molar-refractivity contribution is -0.125. The SMILES string of the molecule is O=C1Nc2ccc(CN3C(=O)CSC3=O)cc2C1=Cc1cc(CN2C[C@H]3C[C@H]3C2)c[nH]1. The third-order valence-corrected chi connectivity index (χ3v) is 7.43. The van der Waals surface area contributed by atoms with E-state index in [4.69, 9.17) is 0 Å². The number of imide groups is 1. The fourth-order valence-electron chi connectivity index (χ4n) is 4.87. The normalized spacial score (nSPS) is 26.0. The quantitative estimate of drug-likeness (QED) is 0.706. The van der Waals surface area contributed by atoms with Crippen molar-refractivity contribution < 1.29 is 14.4 Å². The van der Waals surface area contributed by atoms with Gasteiger partial charge in [-0.05, 0) is 53.7 Å². The van der Waals surface area contributed by atoms with E-state index in [1.54, 1.807) is 0 Å². The lowest BCUT2D eigenvalue weighted by Gasteiger charge is -2.15. The van der Waals surface area contributed by atoms with Crippen LogP contribution in [0.1, 0.15) is 28.8 Å². The van der Waals surface area contributed by atoms with Crippen molar-refractivity contribution in [1.82, 2.24) is 14.8 Å². The van der Waals surface area contributed by atoms with E-state index in [2.05, 4.69) is 21.3 Å². The number of hydrogen-bond donors (Lipinski definition) is 2. The topological polar surface area (TPSA) is 85.5 Å². The molecule has 7 nitrogen and oxygen atoms in total. The summed E-state index contributed by atoms with van der Waals surface area (Å²) in [7, 11) is 0. The van der Waals surface area contributed by atoms with Gasteiger partial charge in [0.1, 0.15) is 0 Å². The lowest BCUT2D eigenvalue weighted by Crippen LogP contribution is -2.27. The second kappa shape index (κ2) is 7.10. The molecule has 3 fully saturated rings. The van der Waals surface area contributed by atoms with Crippen LogP contribution in [0.4, 0.5) is 10.5 Å². The molecule has 31 heavy (non-hydrogen) atoms. The Bertz CT molecular complexity index is 1130. The van der Waals surface area contributed by atoms with Gasteiger partial charge in [0.2, 0.25) is 5.91 Å². The zero-order valence-electron chi connectivity index (χ0n) is 16.9. The second-order valence-electron chi connectivity index (χ2n) is 8.84. The standard InChI is InChI=1S/C23H22N4O3S/c28-21-12-31-23(30)27(21)9-13-1-2-20-18(4-13)19(22(29)25-20)6-17-3-14(7-24-17)8-26-10-15-5-16(15)11-26/h1-4,6-7,15-16,24H,5,8-12H2,(H,25,29)/t15-,16+. The van der Waals surface area contributed by atoms with Crippen LogP contribution in [0.2, 0.25) is 0 Å².